The molecule has 0 N–H and O–H groups in total. The van der Waals surface area contributed by atoms with Crippen molar-refractivity contribution in [3.05, 3.63) is 47.2 Å². The van der Waals surface area contributed by atoms with Crippen LogP contribution in [-0.4, -0.2) is 23.5 Å². The molecular weight excluding hydrogens is 304 g/mol. The van der Waals surface area contributed by atoms with Gasteiger partial charge in [-0.05, 0) is 23.8 Å². The zero-order valence-corrected chi connectivity index (χ0v) is 12.6. The lowest BCUT2D eigenvalue weighted by atomic mass is 10.2. The van der Waals surface area contributed by atoms with Crippen molar-refractivity contribution in [1.29, 1.82) is 0 Å². The first kappa shape index (κ1) is 13.3. The lowest BCUT2D eigenvalue weighted by molar-refractivity contribution is 0.174. The molecule has 1 aliphatic heterocycles. The average molecular weight is 317 g/mol. The minimum atomic E-state index is 0.236. The van der Waals surface area contributed by atoms with Gasteiger partial charge < -0.3 is 18.8 Å². The number of nitrogens with zero attached hydrogens (tertiary/aromatic N) is 2. The van der Waals surface area contributed by atoms with Crippen LogP contribution in [0.3, 0.4) is 0 Å². The van der Waals surface area contributed by atoms with Gasteiger partial charge in [0.05, 0.1) is 31.0 Å². The van der Waals surface area contributed by atoms with Crippen LogP contribution < -0.4 is 14.2 Å². The van der Waals surface area contributed by atoms with E-state index in [9.17, 15) is 0 Å². The SMILES string of the molecule is COc1ccc2ncn(Cc3cc4c(cc3Cl)OCO4)c2c1. The Bertz CT molecular complexity index is 860. The van der Waals surface area contributed by atoms with E-state index in [4.69, 9.17) is 25.8 Å². The van der Waals surface area contributed by atoms with Crippen LogP contribution in [-0.2, 0) is 6.54 Å². The summed E-state index contributed by atoms with van der Waals surface area (Å²) in [6.45, 7) is 0.833. The fraction of sp³-hybridized carbons (Fsp3) is 0.188. The molecule has 3 aromatic rings. The monoisotopic (exact) mass is 316 g/mol. The fourth-order valence-electron chi connectivity index (χ4n) is 2.55. The Hall–Kier alpha value is -2.40. The molecule has 1 aliphatic rings. The molecule has 0 aliphatic carbocycles. The Morgan fingerprint density at radius 2 is 2.05 bits per heavy atom. The molecule has 0 unspecified atom stereocenters. The number of imidazole rings is 1. The lowest BCUT2D eigenvalue weighted by Gasteiger charge is -2.09. The summed E-state index contributed by atoms with van der Waals surface area (Å²) in [6, 6.07) is 9.50. The fourth-order valence-corrected chi connectivity index (χ4v) is 2.77. The van der Waals surface area contributed by atoms with Crippen LogP contribution in [0.25, 0.3) is 11.0 Å². The molecule has 112 valence electrons. The second-order valence-corrected chi connectivity index (χ2v) is 5.43. The highest BCUT2D eigenvalue weighted by Crippen LogP contribution is 2.37. The van der Waals surface area contributed by atoms with E-state index in [2.05, 4.69) is 4.98 Å². The van der Waals surface area contributed by atoms with E-state index in [0.29, 0.717) is 17.3 Å². The average Bonchev–Trinajstić information content (AvgIpc) is 3.14. The molecule has 0 radical (unpaired) electrons. The van der Waals surface area contributed by atoms with Gasteiger partial charge in [0.15, 0.2) is 11.5 Å². The van der Waals surface area contributed by atoms with Crippen LogP contribution in [0.1, 0.15) is 5.56 Å². The maximum absolute atomic E-state index is 6.34. The van der Waals surface area contributed by atoms with E-state index >= 15 is 0 Å². The molecule has 0 saturated heterocycles. The predicted octanol–water partition coefficient (Wildman–Crippen LogP) is 3.48. The van der Waals surface area contributed by atoms with Gasteiger partial charge >= 0.3 is 0 Å². The first-order chi connectivity index (χ1) is 10.7. The van der Waals surface area contributed by atoms with Crippen LogP contribution in [0.4, 0.5) is 0 Å². The third kappa shape index (κ3) is 2.14. The van der Waals surface area contributed by atoms with Crippen molar-refractivity contribution in [1.82, 2.24) is 9.55 Å². The number of halogens is 1. The molecule has 0 atom stereocenters. The number of ether oxygens (including phenoxy) is 3. The van der Waals surface area contributed by atoms with E-state index in [0.717, 1.165) is 28.1 Å². The highest BCUT2D eigenvalue weighted by Gasteiger charge is 2.17. The summed E-state index contributed by atoms with van der Waals surface area (Å²) in [5.74, 6) is 2.21. The molecule has 2 aromatic carbocycles. The maximum atomic E-state index is 6.34. The molecule has 5 nitrogen and oxygen atoms in total. The molecule has 0 bridgehead atoms. The molecule has 22 heavy (non-hydrogen) atoms. The number of benzene rings is 2. The number of methoxy groups -OCH3 is 1. The van der Waals surface area contributed by atoms with Gasteiger partial charge in [0.2, 0.25) is 6.79 Å². The van der Waals surface area contributed by atoms with Gasteiger partial charge in [0, 0.05) is 17.2 Å². The molecule has 0 saturated carbocycles. The topological polar surface area (TPSA) is 45.5 Å². The lowest BCUT2D eigenvalue weighted by Crippen LogP contribution is -1.99. The second kappa shape index (κ2) is 5.10. The third-order valence-electron chi connectivity index (χ3n) is 3.71. The molecule has 2 heterocycles. The van der Waals surface area contributed by atoms with E-state index in [1.165, 1.54) is 0 Å². The van der Waals surface area contributed by atoms with E-state index < -0.39 is 0 Å². The van der Waals surface area contributed by atoms with Crippen molar-refractivity contribution in [2.75, 3.05) is 13.9 Å². The zero-order chi connectivity index (χ0) is 15.1. The summed E-state index contributed by atoms with van der Waals surface area (Å²) in [4.78, 5) is 4.40. The number of rotatable bonds is 3. The third-order valence-corrected chi connectivity index (χ3v) is 4.06. The van der Waals surface area contributed by atoms with Crippen molar-refractivity contribution in [3.8, 4) is 17.2 Å². The van der Waals surface area contributed by atoms with Crippen molar-refractivity contribution < 1.29 is 14.2 Å². The van der Waals surface area contributed by atoms with E-state index in [-0.39, 0.29) is 6.79 Å². The van der Waals surface area contributed by atoms with Crippen LogP contribution in [0, 0.1) is 0 Å². The van der Waals surface area contributed by atoms with Gasteiger partial charge in [0.1, 0.15) is 5.75 Å². The number of hydrogen-bond acceptors (Lipinski definition) is 4. The Balaban J connectivity index is 1.74. The summed E-state index contributed by atoms with van der Waals surface area (Å²) >= 11 is 6.34. The summed E-state index contributed by atoms with van der Waals surface area (Å²) < 4.78 is 18.0. The Morgan fingerprint density at radius 1 is 1.23 bits per heavy atom. The number of fused-ring (bicyclic) bond motifs is 2. The molecular formula is C16H13ClN2O3. The van der Waals surface area contributed by atoms with Crippen LogP contribution in [0.5, 0.6) is 17.2 Å². The summed E-state index contributed by atoms with van der Waals surface area (Å²) in [5, 5.41) is 0.647. The summed E-state index contributed by atoms with van der Waals surface area (Å²) in [6.07, 6.45) is 1.80. The molecule has 1 aromatic heterocycles. The molecule has 4 rings (SSSR count). The second-order valence-electron chi connectivity index (χ2n) is 5.02. The van der Waals surface area contributed by atoms with Gasteiger partial charge in [-0.15, -0.1) is 0 Å². The van der Waals surface area contributed by atoms with Gasteiger partial charge in [0.25, 0.3) is 0 Å². The summed E-state index contributed by atoms with van der Waals surface area (Å²) in [5.41, 5.74) is 2.86. The van der Waals surface area contributed by atoms with Gasteiger partial charge in [-0.25, -0.2) is 4.98 Å². The molecule has 0 spiro atoms. The minimum Gasteiger partial charge on any atom is -0.497 e. The molecule has 6 heteroatoms. The van der Waals surface area contributed by atoms with E-state index in [1.54, 1.807) is 19.5 Å². The largest absolute Gasteiger partial charge is 0.497 e. The van der Waals surface area contributed by atoms with Gasteiger partial charge in [-0.1, -0.05) is 11.6 Å². The van der Waals surface area contributed by atoms with E-state index in [1.807, 2.05) is 28.8 Å². The normalized spacial score (nSPS) is 12.8. The number of hydrogen-bond donors (Lipinski definition) is 0. The Morgan fingerprint density at radius 3 is 2.86 bits per heavy atom. The Labute approximate surface area is 132 Å². The minimum absolute atomic E-state index is 0.236. The standard InChI is InChI=1S/C16H13ClN2O3/c1-20-11-2-3-13-14(5-11)19(8-18-13)7-10-4-15-16(6-12(10)17)22-9-21-15/h2-6,8H,7,9H2,1H3. The highest BCUT2D eigenvalue weighted by molar-refractivity contribution is 6.31. The van der Waals surface area contributed by atoms with Crippen molar-refractivity contribution in [2.24, 2.45) is 0 Å². The van der Waals surface area contributed by atoms with Crippen LogP contribution in [0.15, 0.2) is 36.7 Å². The van der Waals surface area contributed by atoms with Crippen molar-refractivity contribution in [3.63, 3.8) is 0 Å². The van der Waals surface area contributed by atoms with Crippen molar-refractivity contribution >= 4 is 22.6 Å². The first-order valence-electron chi connectivity index (χ1n) is 6.81. The Kier molecular flexibility index (Phi) is 3.08. The number of aromatic nitrogens is 2. The van der Waals surface area contributed by atoms with Crippen molar-refractivity contribution in [2.45, 2.75) is 6.54 Å². The van der Waals surface area contributed by atoms with Gasteiger partial charge in [-0.3, -0.25) is 0 Å². The van der Waals surface area contributed by atoms with Crippen LogP contribution in [0.2, 0.25) is 5.02 Å². The first-order valence-corrected chi connectivity index (χ1v) is 7.19. The highest BCUT2D eigenvalue weighted by atomic mass is 35.5. The molecule has 0 amide bonds. The predicted molar refractivity (Wildman–Crippen MR) is 83.0 cm³/mol. The van der Waals surface area contributed by atoms with Crippen LogP contribution >= 0.6 is 11.6 Å². The maximum Gasteiger partial charge on any atom is 0.231 e. The summed E-state index contributed by atoms with van der Waals surface area (Å²) in [7, 11) is 1.65. The smallest absolute Gasteiger partial charge is 0.231 e. The van der Waals surface area contributed by atoms with Gasteiger partial charge in [-0.2, -0.15) is 0 Å². The zero-order valence-electron chi connectivity index (χ0n) is 11.9. The quantitative estimate of drug-likeness (QED) is 0.742. The molecule has 0 fully saturated rings.